The van der Waals surface area contributed by atoms with E-state index in [1.54, 1.807) is 24.5 Å². The maximum atomic E-state index is 11.9. The van der Waals surface area contributed by atoms with E-state index in [2.05, 4.69) is 29.2 Å². The second kappa shape index (κ2) is 10.5. The largest absolute Gasteiger partial charge is 0.497 e. The molecule has 7 nitrogen and oxygen atoms in total. The van der Waals surface area contributed by atoms with Crippen molar-refractivity contribution in [2.24, 2.45) is 22.7 Å². The number of carbonyl (C=O) groups excluding carboxylic acids is 1. The fraction of sp³-hybridized carbons (Fsp3) is 0.667. The van der Waals surface area contributed by atoms with Crippen LogP contribution < -0.4 is 4.74 Å². The van der Waals surface area contributed by atoms with E-state index in [-0.39, 0.29) is 17.1 Å². The summed E-state index contributed by atoms with van der Waals surface area (Å²) in [4.78, 5) is 14.6. The van der Waals surface area contributed by atoms with Gasteiger partial charge in [-0.2, -0.15) is 8.42 Å². The van der Waals surface area contributed by atoms with Crippen molar-refractivity contribution in [3.05, 3.63) is 53.5 Å². The molecule has 1 aromatic carbocycles. The molecule has 2 heterocycles. The summed E-state index contributed by atoms with van der Waals surface area (Å²) in [5.41, 5.74) is 2.46. The van der Waals surface area contributed by atoms with E-state index >= 15 is 0 Å². The lowest BCUT2D eigenvalue weighted by atomic mass is 9.52. The third-order valence-electron chi connectivity index (χ3n) is 12.0. The van der Waals surface area contributed by atoms with Gasteiger partial charge in [-0.15, -0.1) is 0 Å². The Hall–Kier alpha value is -2.16. The van der Waals surface area contributed by atoms with E-state index in [0.29, 0.717) is 24.3 Å². The van der Waals surface area contributed by atoms with Crippen LogP contribution in [-0.2, 0) is 33.2 Å². The van der Waals surface area contributed by atoms with Crippen LogP contribution in [0.25, 0.3) is 0 Å². The van der Waals surface area contributed by atoms with E-state index in [9.17, 15) is 13.2 Å². The fourth-order valence-corrected chi connectivity index (χ4v) is 10.9. The molecule has 0 unspecified atom stereocenters. The standard InChI is InChI=1S/C23H29NO2.C10H16O4S/c1-25-19-8-7-17-15-22-20-6-2-3-10-23(20,21(17)16-19)11-13-24(22)12-9-18-5-4-14-26-18;1-9(2)7-3-4-10(9,8(11)5-7)6-15(12,13)14/h4-5,7-8,14,16,20,22H,2-3,6,9-13,15H2,1H3;7H,3-6H2,1-2H3,(H,12,13,14)/t20-,22-,23+;7-,10-/m01/s1. The molecule has 1 N–H and O–H groups in total. The summed E-state index contributed by atoms with van der Waals surface area (Å²) in [6.45, 7) is 6.23. The number of ketones is 1. The molecule has 3 saturated carbocycles. The smallest absolute Gasteiger partial charge is 0.265 e. The lowest BCUT2D eigenvalue weighted by Gasteiger charge is -2.59. The second-order valence-corrected chi connectivity index (χ2v) is 15.3. The van der Waals surface area contributed by atoms with Gasteiger partial charge in [0.15, 0.2) is 0 Å². The maximum Gasteiger partial charge on any atom is 0.265 e. The molecule has 0 radical (unpaired) electrons. The number of methoxy groups -OCH3 is 1. The summed E-state index contributed by atoms with van der Waals surface area (Å²) in [6, 6.07) is 11.7. The maximum absolute atomic E-state index is 11.9. The fourth-order valence-electron chi connectivity index (χ4n) is 9.60. The first kappa shape index (κ1) is 28.9. The molecule has 7 rings (SSSR count). The highest BCUT2D eigenvalue weighted by atomic mass is 32.2. The number of fused-ring (bicyclic) bond motifs is 3. The van der Waals surface area contributed by atoms with Crippen molar-refractivity contribution >= 4 is 15.9 Å². The third kappa shape index (κ3) is 4.88. The highest BCUT2D eigenvalue weighted by Gasteiger charge is 2.65. The molecule has 41 heavy (non-hydrogen) atoms. The number of carbonyl (C=O) groups is 1. The first-order valence-corrected chi connectivity index (χ1v) is 17.0. The van der Waals surface area contributed by atoms with Gasteiger partial charge in [0, 0.05) is 30.8 Å². The molecule has 5 atom stereocenters. The van der Waals surface area contributed by atoms with Gasteiger partial charge >= 0.3 is 0 Å². The van der Waals surface area contributed by atoms with Crippen LogP contribution >= 0.6 is 0 Å². The van der Waals surface area contributed by atoms with Gasteiger partial charge in [0.2, 0.25) is 0 Å². The Bertz CT molecular complexity index is 1380. The van der Waals surface area contributed by atoms with E-state index in [0.717, 1.165) is 36.8 Å². The van der Waals surface area contributed by atoms with Gasteiger partial charge in [-0.3, -0.25) is 14.2 Å². The number of likely N-dealkylation sites (tertiary alicyclic amines) is 1. The SMILES string of the molecule is CC1(C)[C@@H]2CC[C@@]1(CS(=O)(=O)O)C(=O)C2.COc1ccc2c(c1)[C@@]13CCCC[C@H]1[C@H](C2)N(CCc1ccco1)CC3. The summed E-state index contributed by atoms with van der Waals surface area (Å²) < 4.78 is 42.1. The van der Waals surface area contributed by atoms with Gasteiger partial charge in [-0.05, 0) is 97.7 Å². The lowest BCUT2D eigenvalue weighted by Crippen LogP contribution is -2.61. The highest BCUT2D eigenvalue weighted by Crippen LogP contribution is 2.64. The average molecular weight is 584 g/mol. The van der Waals surface area contributed by atoms with Crippen LogP contribution in [-0.4, -0.2) is 55.6 Å². The summed E-state index contributed by atoms with van der Waals surface area (Å²) in [5, 5.41) is 0. The first-order valence-electron chi connectivity index (χ1n) is 15.4. The lowest BCUT2D eigenvalue weighted by molar-refractivity contribution is -0.128. The third-order valence-corrected chi connectivity index (χ3v) is 12.8. The second-order valence-electron chi connectivity index (χ2n) is 13.8. The van der Waals surface area contributed by atoms with Crippen LogP contribution in [0.3, 0.4) is 0 Å². The van der Waals surface area contributed by atoms with Crippen LogP contribution in [0, 0.1) is 22.7 Å². The Morgan fingerprint density at radius 3 is 2.59 bits per heavy atom. The number of Topliss-reactive ketones (excluding diaryl/α,β-unsaturated/α-hetero) is 1. The van der Waals surface area contributed by atoms with Gasteiger partial charge in [0.05, 0.1) is 24.5 Å². The summed E-state index contributed by atoms with van der Waals surface area (Å²) in [5.74, 6) is 2.85. The van der Waals surface area contributed by atoms with Crippen molar-refractivity contribution in [2.45, 2.75) is 89.5 Å². The number of benzene rings is 1. The number of nitrogens with zero attached hydrogens (tertiary/aromatic N) is 1. The van der Waals surface area contributed by atoms with Gasteiger partial charge < -0.3 is 9.15 Å². The van der Waals surface area contributed by atoms with Crippen LogP contribution in [0.1, 0.15) is 82.1 Å². The molecular formula is C33H45NO6S. The number of ether oxygens (including phenoxy) is 1. The highest BCUT2D eigenvalue weighted by molar-refractivity contribution is 7.85. The molecule has 4 aliphatic carbocycles. The van der Waals surface area contributed by atoms with Crippen LogP contribution in [0.15, 0.2) is 41.0 Å². The zero-order chi connectivity index (χ0) is 29.0. The molecule has 2 aromatic rings. The molecule has 4 bridgehead atoms. The Morgan fingerprint density at radius 1 is 1.10 bits per heavy atom. The monoisotopic (exact) mass is 583 g/mol. The Kier molecular flexibility index (Phi) is 7.43. The molecule has 1 aliphatic heterocycles. The predicted octanol–water partition coefficient (Wildman–Crippen LogP) is 5.86. The molecular weight excluding hydrogens is 538 g/mol. The Labute approximate surface area is 244 Å². The van der Waals surface area contributed by atoms with Gasteiger partial charge in [0.1, 0.15) is 17.3 Å². The van der Waals surface area contributed by atoms with E-state index in [1.165, 1.54) is 45.1 Å². The molecule has 0 spiro atoms. The summed E-state index contributed by atoms with van der Waals surface area (Å²) in [7, 11) is -2.28. The minimum Gasteiger partial charge on any atom is -0.497 e. The number of furan rings is 1. The molecule has 1 saturated heterocycles. The predicted molar refractivity (Wildman–Crippen MR) is 158 cm³/mol. The minimum atomic E-state index is -4.08. The van der Waals surface area contributed by atoms with Crippen molar-refractivity contribution in [1.82, 2.24) is 4.90 Å². The van der Waals surface area contributed by atoms with Crippen molar-refractivity contribution < 1.29 is 26.9 Å². The van der Waals surface area contributed by atoms with Crippen molar-refractivity contribution in [3.8, 4) is 5.75 Å². The topological polar surface area (TPSA) is 97.0 Å². The molecule has 8 heteroatoms. The molecule has 5 aliphatic rings. The summed E-state index contributed by atoms with van der Waals surface area (Å²) >= 11 is 0. The quantitative estimate of drug-likeness (QED) is 0.426. The van der Waals surface area contributed by atoms with Gasteiger partial charge in [-0.25, -0.2) is 0 Å². The Balaban J connectivity index is 0.000000172. The van der Waals surface area contributed by atoms with Gasteiger partial charge in [-0.1, -0.05) is 32.8 Å². The number of hydrogen-bond donors (Lipinski definition) is 1. The first-order chi connectivity index (χ1) is 19.5. The average Bonchev–Trinajstić information content (AvgIpc) is 3.59. The van der Waals surface area contributed by atoms with Crippen molar-refractivity contribution in [2.75, 3.05) is 26.0 Å². The Morgan fingerprint density at radius 2 is 1.93 bits per heavy atom. The van der Waals surface area contributed by atoms with E-state index in [1.807, 2.05) is 19.9 Å². The zero-order valence-corrected chi connectivity index (χ0v) is 25.5. The van der Waals surface area contributed by atoms with E-state index < -0.39 is 21.3 Å². The minimum absolute atomic E-state index is 0.0152. The number of hydrogen-bond acceptors (Lipinski definition) is 6. The molecule has 4 fully saturated rings. The van der Waals surface area contributed by atoms with Crippen molar-refractivity contribution in [1.29, 1.82) is 0 Å². The van der Waals surface area contributed by atoms with Crippen LogP contribution in [0.2, 0.25) is 0 Å². The van der Waals surface area contributed by atoms with Crippen LogP contribution in [0.4, 0.5) is 0 Å². The van der Waals surface area contributed by atoms with Gasteiger partial charge in [0.25, 0.3) is 10.1 Å². The number of rotatable bonds is 6. The van der Waals surface area contributed by atoms with Crippen molar-refractivity contribution in [3.63, 3.8) is 0 Å². The number of piperidine rings is 1. The van der Waals surface area contributed by atoms with E-state index in [4.69, 9.17) is 13.7 Å². The molecule has 0 amide bonds. The molecule has 224 valence electrons. The zero-order valence-electron chi connectivity index (χ0n) is 24.7. The summed E-state index contributed by atoms with van der Waals surface area (Å²) in [6.07, 6.45) is 12.8. The molecule has 1 aromatic heterocycles. The normalized spacial score (nSPS) is 33.5. The van der Waals surface area contributed by atoms with Crippen LogP contribution in [0.5, 0.6) is 5.75 Å².